The molecule has 0 radical (unpaired) electrons. The fraction of sp³-hybridized carbons (Fsp3) is 0.838. The number of unbranched alkanes of at least 4 members (excludes halogenated alkanes) is 7. The van der Waals surface area contributed by atoms with Gasteiger partial charge >= 0.3 is 5.97 Å². The van der Waals surface area contributed by atoms with Gasteiger partial charge in [-0.25, -0.2) is 0 Å². The van der Waals surface area contributed by atoms with Crippen LogP contribution in [0.3, 0.4) is 0 Å². The Hall–Kier alpha value is -5.75. The van der Waals surface area contributed by atoms with E-state index in [1.54, 1.807) is 0 Å². The lowest BCUT2D eigenvalue weighted by Crippen LogP contribution is -2.64. The number of carbonyl (C=O) groups excluding carboxylic acids is 10. The number of aliphatic hydroxyl groups excluding tert-OH is 9. The van der Waals surface area contributed by atoms with Gasteiger partial charge in [-0.2, -0.15) is 0 Å². The number of ketones is 4. The lowest BCUT2D eigenvalue weighted by atomic mass is 9.97. The van der Waals surface area contributed by atoms with Crippen LogP contribution in [0.1, 0.15) is 175 Å². The van der Waals surface area contributed by atoms with Crippen molar-refractivity contribution in [3.05, 3.63) is 0 Å². The van der Waals surface area contributed by atoms with E-state index >= 15 is 0 Å². The molecule has 104 heavy (non-hydrogen) atoms. The first kappa shape index (κ1) is 92.5. The molecule has 36 heteroatoms. The number of nitrogens with one attached hydrogen (secondary N) is 6. The second-order valence-corrected chi connectivity index (χ2v) is 26.4. The molecular formula is C68H116N6O30. The summed E-state index contributed by atoms with van der Waals surface area (Å²) in [7, 11) is 0. The molecule has 15 atom stereocenters. The molecule has 0 aromatic heterocycles. The molecule has 0 spiro atoms. The van der Waals surface area contributed by atoms with Crippen molar-refractivity contribution in [3.63, 3.8) is 0 Å². The van der Waals surface area contributed by atoms with Crippen molar-refractivity contribution in [2.45, 2.75) is 272 Å². The minimum Gasteiger partial charge on any atom is -0.481 e. The molecular weight excluding hydrogens is 1380 g/mol. The Bertz CT molecular complexity index is 2350. The largest absolute Gasteiger partial charge is 0.481 e. The van der Waals surface area contributed by atoms with E-state index < -0.39 is 159 Å². The molecule has 3 aliphatic heterocycles. The number of aliphatic carboxylic acids is 1. The van der Waals surface area contributed by atoms with Crippen molar-refractivity contribution < 1.29 is 146 Å². The number of carboxylic acid groups (broad SMARTS) is 1. The number of hydrogen-bond donors (Lipinski definition) is 16. The van der Waals surface area contributed by atoms with Gasteiger partial charge in [0, 0.05) is 118 Å². The highest BCUT2D eigenvalue weighted by atomic mass is 16.7. The Morgan fingerprint density at radius 1 is 0.356 bits per heavy atom. The quantitative estimate of drug-likeness (QED) is 0.0210. The van der Waals surface area contributed by atoms with Crippen LogP contribution in [0, 0.1) is 0 Å². The molecule has 36 nitrogen and oxygen atoms in total. The van der Waals surface area contributed by atoms with Gasteiger partial charge in [-0.05, 0) is 70.6 Å². The smallest absolute Gasteiger partial charge is 0.312 e. The molecule has 0 aromatic carbocycles. The molecule has 6 amide bonds. The van der Waals surface area contributed by atoms with Crippen molar-refractivity contribution >= 4 is 64.5 Å². The van der Waals surface area contributed by atoms with E-state index in [2.05, 4.69) is 31.9 Å². The molecule has 0 saturated carbocycles. The Balaban J connectivity index is 1.46. The third kappa shape index (κ3) is 37.2. The summed E-state index contributed by atoms with van der Waals surface area (Å²) < 4.78 is 51.5. The van der Waals surface area contributed by atoms with Crippen LogP contribution >= 0.6 is 0 Å². The number of carboxylic acids is 1. The van der Waals surface area contributed by atoms with E-state index in [1.807, 2.05) is 0 Å². The van der Waals surface area contributed by atoms with Gasteiger partial charge in [-0.15, -0.1) is 0 Å². The first-order chi connectivity index (χ1) is 49.6. The third-order valence-electron chi connectivity index (χ3n) is 17.3. The first-order valence-corrected chi connectivity index (χ1v) is 36.0. The van der Waals surface area contributed by atoms with Crippen LogP contribution in [-0.2, 0) is 95.4 Å². The Morgan fingerprint density at radius 3 is 0.971 bits per heavy atom. The monoisotopic (exact) mass is 1500 g/mol. The molecule has 15 unspecified atom stereocenters. The maximum absolute atomic E-state index is 13.1. The van der Waals surface area contributed by atoms with Gasteiger partial charge in [0.15, 0.2) is 18.9 Å². The predicted molar refractivity (Wildman–Crippen MR) is 362 cm³/mol. The van der Waals surface area contributed by atoms with Crippen molar-refractivity contribution in [1.29, 1.82) is 0 Å². The Labute approximate surface area is 605 Å². The second kappa shape index (κ2) is 52.3. The maximum atomic E-state index is 13.1. The average molecular weight is 1500 g/mol. The number of rotatable bonds is 58. The van der Waals surface area contributed by atoms with E-state index in [1.165, 1.54) is 20.8 Å². The zero-order valence-electron chi connectivity index (χ0n) is 60.2. The van der Waals surface area contributed by atoms with Crippen LogP contribution in [-0.4, -0.2) is 305 Å². The van der Waals surface area contributed by atoms with E-state index in [4.69, 9.17) is 42.6 Å². The molecule has 3 heterocycles. The van der Waals surface area contributed by atoms with Gasteiger partial charge in [0.05, 0.1) is 59.5 Å². The van der Waals surface area contributed by atoms with Gasteiger partial charge in [-0.3, -0.25) is 52.7 Å². The molecule has 3 saturated heterocycles. The van der Waals surface area contributed by atoms with Crippen LogP contribution in [0.5, 0.6) is 0 Å². The van der Waals surface area contributed by atoms with E-state index in [0.717, 1.165) is 0 Å². The number of hydrogen-bond acceptors (Lipinski definition) is 29. The summed E-state index contributed by atoms with van der Waals surface area (Å²) in [4.78, 5) is 137. The minimum atomic E-state index is -1.59. The van der Waals surface area contributed by atoms with Gasteiger partial charge in [0.2, 0.25) is 35.4 Å². The van der Waals surface area contributed by atoms with Crippen LogP contribution in [0.25, 0.3) is 0 Å². The molecule has 0 bridgehead atoms. The van der Waals surface area contributed by atoms with Crippen LogP contribution in [0.15, 0.2) is 0 Å². The molecule has 0 aliphatic carbocycles. The number of aliphatic hydroxyl groups is 9. The normalized spacial score (nSPS) is 25.2. The van der Waals surface area contributed by atoms with Crippen molar-refractivity contribution in [2.24, 2.45) is 0 Å². The SMILES string of the molecule is CC(=O)NC1C(OCCCCC(=O)CCCCCC(=O)CCOCC(COCCC(=O)CCCCCC(=O)CCCCOC2OC(CO)C(O)C(O)C2NC(C)=O)(COCCC(=O)NCCCNC(=O)CCCCOC2OC(CO)C(O)C(O)C2NC(C)=O)NC(=O)CC(=O)O)OC(CO)C(O)C1O. The van der Waals surface area contributed by atoms with Gasteiger partial charge in [-0.1, -0.05) is 12.8 Å². The summed E-state index contributed by atoms with van der Waals surface area (Å²) >= 11 is 0. The molecule has 598 valence electrons. The minimum absolute atomic E-state index is 0.00639. The standard InChI is InChI=1S/C68H116N6O30/c1-42(78)71-56-62(93)59(90)49(36-75)102-65(56)99-29-13-10-21-45(81)17-6-4-8-19-47(83)24-32-96-39-68(74-54(87)35-55(88)89,40-97-33-25-48(84)20-9-5-7-18-46(82)22-11-14-30-100-66-57(72-43(2)79)63(94)60(91)50(37-76)103-66)41-98-34-26-53(86)70-28-16-27-69-52(85)23-12-15-31-101-67-58(73-44(3)80)64(95)61(92)51(38-77)104-67/h49-51,56-67,75-77,90-95H,4-41H2,1-3H3,(H,69,85)(H,70,86)(H,71,78)(H,72,79)(H,73,80)(H,74,87)(H,88,89). The van der Waals surface area contributed by atoms with E-state index in [9.17, 15) is 104 Å². The summed E-state index contributed by atoms with van der Waals surface area (Å²) in [6, 6.07) is -3.26. The van der Waals surface area contributed by atoms with Crippen molar-refractivity contribution in [3.8, 4) is 0 Å². The van der Waals surface area contributed by atoms with Gasteiger partial charge in [0.25, 0.3) is 0 Å². The number of ether oxygens (including phenoxy) is 9. The summed E-state index contributed by atoms with van der Waals surface area (Å²) in [6.07, 6.45) is -9.01. The molecule has 3 fully saturated rings. The van der Waals surface area contributed by atoms with Gasteiger partial charge < -0.3 is 126 Å². The first-order valence-electron chi connectivity index (χ1n) is 36.0. The Kier molecular flexibility index (Phi) is 46.5. The molecule has 3 rings (SSSR count). The number of carbonyl (C=O) groups is 11. The lowest BCUT2D eigenvalue weighted by molar-refractivity contribution is -0.270. The summed E-state index contributed by atoms with van der Waals surface area (Å²) in [5.74, 6) is -4.83. The number of Topliss-reactive ketones (excluding diaryl/α,β-unsaturated/α-hetero) is 4. The fourth-order valence-electron chi connectivity index (χ4n) is 11.6. The highest BCUT2D eigenvalue weighted by Gasteiger charge is 2.48. The van der Waals surface area contributed by atoms with Crippen molar-refractivity contribution in [1.82, 2.24) is 31.9 Å². The second-order valence-electron chi connectivity index (χ2n) is 26.4. The third-order valence-corrected chi connectivity index (χ3v) is 17.3. The average Bonchev–Trinajstić information content (AvgIpc) is 0.820. The summed E-state index contributed by atoms with van der Waals surface area (Å²) in [5.41, 5.74) is -1.59. The zero-order valence-corrected chi connectivity index (χ0v) is 60.2. The highest BCUT2D eigenvalue weighted by Crippen LogP contribution is 2.26. The lowest BCUT2D eigenvalue weighted by Gasteiger charge is -2.42. The van der Waals surface area contributed by atoms with Crippen LogP contribution in [0.4, 0.5) is 0 Å². The van der Waals surface area contributed by atoms with Crippen LogP contribution < -0.4 is 31.9 Å². The van der Waals surface area contributed by atoms with Crippen LogP contribution in [0.2, 0.25) is 0 Å². The molecule has 16 N–H and O–H groups in total. The fourth-order valence-corrected chi connectivity index (χ4v) is 11.6. The Morgan fingerprint density at radius 2 is 0.654 bits per heavy atom. The number of amides is 6. The molecule has 3 aliphatic rings. The summed E-state index contributed by atoms with van der Waals surface area (Å²) in [6.45, 7) is 1.06. The van der Waals surface area contributed by atoms with Crippen molar-refractivity contribution in [2.75, 3.05) is 92.4 Å². The zero-order chi connectivity index (χ0) is 77.0. The predicted octanol–water partition coefficient (Wildman–Crippen LogP) is -3.27. The summed E-state index contributed by atoms with van der Waals surface area (Å²) in [5, 5.41) is 116. The maximum Gasteiger partial charge on any atom is 0.312 e. The topological polar surface area (TPSA) is 545 Å². The van der Waals surface area contributed by atoms with E-state index in [0.29, 0.717) is 83.5 Å². The van der Waals surface area contributed by atoms with Gasteiger partial charge in [0.1, 0.15) is 108 Å². The van der Waals surface area contributed by atoms with E-state index in [-0.39, 0.29) is 166 Å². The molecule has 0 aromatic rings. The highest BCUT2D eigenvalue weighted by molar-refractivity contribution is 5.93.